The monoisotopic (exact) mass is 338 g/mol. The summed E-state index contributed by atoms with van der Waals surface area (Å²) in [5.41, 5.74) is 5.31. The zero-order chi connectivity index (χ0) is 18.0. The number of aryl methyl sites for hydroxylation is 2. The molecule has 0 saturated carbocycles. The highest BCUT2D eigenvalue weighted by Gasteiger charge is 1.94. The number of rotatable bonds is 7. The maximum absolute atomic E-state index is 9.93. The quantitative estimate of drug-likeness (QED) is 0.403. The second kappa shape index (κ2) is 14.9. The third-order valence-corrected chi connectivity index (χ3v) is 2.64. The molecule has 0 saturated heterocycles. The van der Waals surface area contributed by atoms with E-state index in [2.05, 4.69) is 15.3 Å². The summed E-state index contributed by atoms with van der Waals surface area (Å²) in [6, 6.07) is 0. The Labute approximate surface area is 139 Å². The molecule has 0 radical (unpaired) electrons. The topological polar surface area (TPSA) is 150 Å². The molecule has 0 spiro atoms. The van der Waals surface area contributed by atoms with Crippen molar-refractivity contribution >= 4 is 12.2 Å². The van der Waals surface area contributed by atoms with Crippen molar-refractivity contribution in [3.05, 3.63) is 37.4 Å². The van der Waals surface area contributed by atoms with Crippen LogP contribution in [0.1, 0.15) is 12.8 Å². The normalized spacial score (nSPS) is 8.88. The molecule has 10 heteroatoms. The van der Waals surface area contributed by atoms with Crippen LogP contribution in [0.5, 0.6) is 0 Å². The van der Waals surface area contributed by atoms with Crippen molar-refractivity contribution in [2.24, 2.45) is 5.73 Å². The molecular formula is C14H22N6O4. The molecular weight excluding hydrogens is 316 g/mol. The van der Waals surface area contributed by atoms with Crippen molar-refractivity contribution in [2.45, 2.75) is 25.9 Å². The van der Waals surface area contributed by atoms with E-state index in [4.69, 9.17) is 15.3 Å². The average Bonchev–Trinajstić information content (AvgIpc) is 3.24. The van der Waals surface area contributed by atoms with Crippen LogP contribution in [0, 0.1) is 0 Å². The predicted octanol–water partition coefficient (Wildman–Crippen LogP) is -1.73. The predicted molar refractivity (Wildman–Crippen MR) is 79.9 cm³/mol. The highest BCUT2D eigenvalue weighted by molar-refractivity contribution is 5.61. The third kappa shape index (κ3) is 12.7. The van der Waals surface area contributed by atoms with E-state index in [1.54, 1.807) is 12.5 Å². The zero-order valence-corrected chi connectivity index (χ0v) is 13.3. The summed E-state index contributed by atoms with van der Waals surface area (Å²) >= 11 is 0. The Kier molecular flexibility index (Phi) is 13.1. The van der Waals surface area contributed by atoms with Gasteiger partial charge in [-0.3, -0.25) is 4.98 Å². The Bertz CT molecular complexity index is 550. The van der Waals surface area contributed by atoms with E-state index in [0.29, 0.717) is 6.54 Å². The fraction of sp³-hybridized carbons (Fsp3) is 0.429. The van der Waals surface area contributed by atoms with Gasteiger partial charge in [-0.25, -0.2) is 9.55 Å². The second-order valence-electron chi connectivity index (χ2n) is 4.44. The van der Waals surface area contributed by atoms with Crippen molar-refractivity contribution in [2.75, 3.05) is 13.1 Å². The summed E-state index contributed by atoms with van der Waals surface area (Å²) in [5, 5.41) is 12.1. The number of aromatic amines is 1. The van der Waals surface area contributed by atoms with Crippen LogP contribution < -0.4 is 20.7 Å². The molecule has 10 nitrogen and oxygen atoms in total. The first-order valence-electron chi connectivity index (χ1n) is 7.25. The van der Waals surface area contributed by atoms with Gasteiger partial charge in [0.2, 0.25) is 6.33 Å². The summed E-state index contributed by atoms with van der Waals surface area (Å²) in [7, 11) is 0. The van der Waals surface area contributed by atoms with E-state index < -0.39 is 6.09 Å². The minimum absolute atomic E-state index is 0.250. The van der Waals surface area contributed by atoms with Crippen LogP contribution in [0.3, 0.4) is 0 Å². The number of hydrogen-bond donors (Lipinski definition) is 3. The number of carboxylic acid groups (broad SMARTS) is 1. The number of aromatic nitrogens is 4. The number of imidazole rings is 2. The Hall–Kier alpha value is -2.97. The molecule has 24 heavy (non-hydrogen) atoms. The lowest BCUT2D eigenvalue weighted by Crippen LogP contribution is -2.39. The smallest absolute Gasteiger partial charge is 0.373 e. The molecule has 0 aliphatic carbocycles. The SMILES string of the molecule is NCCCn1ccnc1.O=C([O-])NCCC[n+]1cc[nH]c1.O=C=O. The van der Waals surface area contributed by atoms with E-state index in [-0.39, 0.29) is 6.15 Å². The Balaban J connectivity index is 0.000000390. The van der Waals surface area contributed by atoms with Crippen LogP contribution in [0.15, 0.2) is 37.4 Å². The van der Waals surface area contributed by atoms with Gasteiger partial charge in [-0.15, -0.1) is 0 Å². The van der Waals surface area contributed by atoms with Crippen LogP contribution in [0.2, 0.25) is 0 Å². The van der Waals surface area contributed by atoms with Crippen molar-refractivity contribution in [1.29, 1.82) is 0 Å². The van der Waals surface area contributed by atoms with E-state index in [1.165, 1.54) is 0 Å². The van der Waals surface area contributed by atoms with Crippen molar-refractivity contribution in [3.8, 4) is 0 Å². The molecule has 1 amide bonds. The molecule has 0 bridgehead atoms. The molecule has 0 fully saturated rings. The average molecular weight is 338 g/mol. The molecule has 2 heterocycles. The van der Waals surface area contributed by atoms with Gasteiger partial charge in [0.05, 0.1) is 12.9 Å². The number of carbonyl (C=O) groups is 1. The lowest BCUT2D eigenvalue weighted by atomic mass is 10.4. The first-order valence-corrected chi connectivity index (χ1v) is 7.25. The van der Waals surface area contributed by atoms with Crippen molar-refractivity contribution < 1.29 is 24.1 Å². The van der Waals surface area contributed by atoms with Crippen LogP contribution in [-0.2, 0) is 22.7 Å². The van der Waals surface area contributed by atoms with E-state index in [1.807, 2.05) is 34.1 Å². The van der Waals surface area contributed by atoms with Gasteiger partial charge in [0.1, 0.15) is 18.5 Å². The van der Waals surface area contributed by atoms with Gasteiger partial charge in [-0.2, -0.15) is 9.59 Å². The van der Waals surface area contributed by atoms with Gasteiger partial charge in [0.25, 0.3) is 0 Å². The van der Waals surface area contributed by atoms with Crippen LogP contribution in [0.4, 0.5) is 4.79 Å². The van der Waals surface area contributed by atoms with Crippen molar-refractivity contribution in [1.82, 2.24) is 19.9 Å². The fourth-order valence-electron chi connectivity index (χ4n) is 1.60. The number of nitrogens with two attached hydrogens (primary N) is 1. The first-order chi connectivity index (χ1) is 11.6. The molecule has 2 aromatic heterocycles. The Morgan fingerprint density at radius 2 is 2.17 bits per heavy atom. The summed E-state index contributed by atoms with van der Waals surface area (Å²) in [5.74, 6) is 0. The Morgan fingerprint density at radius 3 is 2.67 bits per heavy atom. The maximum Gasteiger partial charge on any atom is 0.373 e. The second-order valence-corrected chi connectivity index (χ2v) is 4.44. The largest absolute Gasteiger partial charge is 0.530 e. The third-order valence-electron chi connectivity index (χ3n) is 2.64. The van der Waals surface area contributed by atoms with Gasteiger partial charge in [-0.05, 0) is 13.0 Å². The first kappa shape index (κ1) is 21.0. The van der Waals surface area contributed by atoms with Crippen LogP contribution >= 0.6 is 0 Å². The van der Waals surface area contributed by atoms with Crippen LogP contribution in [-0.4, -0.2) is 39.9 Å². The summed E-state index contributed by atoms with van der Waals surface area (Å²) < 4.78 is 3.96. The van der Waals surface area contributed by atoms with E-state index >= 15 is 0 Å². The number of nitrogens with zero attached hydrogens (tertiary/aromatic N) is 3. The standard InChI is InChI=1S/C7H11N3O2.C6H11N3.CO2/c11-7(12)9-2-1-4-10-5-3-8-6-10;7-2-1-4-9-5-3-8-6-9;2-1-3/h3,5-6,9H,1-2,4H2,(H,11,12);3,5-6H,1-2,4,7H2;. The number of nitrogens with one attached hydrogen (secondary N) is 2. The van der Waals surface area contributed by atoms with E-state index in [0.717, 1.165) is 32.5 Å². The summed E-state index contributed by atoms with van der Waals surface area (Å²) in [6.07, 6.45) is 11.9. The molecule has 132 valence electrons. The molecule has 2 rings (SSSR count). The molecule has 0 atom stereocenters. The Morgan fingerprint density at radius 1 is 1.42 bits per heavy atom. The molecule has 0 aliphatic rings. The lowest BCUT2D eigenvalue weighted by molar-refractivity contribution is -0.695. The molecule has 0 unspecified atom stereocenters. The minimum atomic E-state index is -1.21. The molecule has 0 aliphatic heterocycles. The summed E-state index contributed by atoms with van der Waals surface area (Å²) in [4.78, 5) is 33.0. The van der Waals surface area contributed by atoms with Gasteiger partial charge >= 0.3 is 6.15 Å². The molecule has 4 N–H and O–H groups in total. The highest BCUT2D eigenvalue weighted by atomic mass is 16.4. The van der Waals surface area contributed by atoms with Gasteiger partial charge in [0, 0.05) is 31.9 Å². The van der Waals surface area contributed by atoms with Crippen molar-refractivity contribution in [3.63, 3.8) is 0 Å². The molecule has 2 aromatic rings. The minimum Gasteiger partial charge on any atom is -0.530 e. The van der Waals surface area contributed by atoms with Gasteiger partial charge < -0.3 is 25.5 Å². The number of carbonyl (C=O) groups excluding carboxylic acids is 3. The summed E-state index contributed by atoms with van der Waals surface area (Å²) in [6.45, 7) is 2.96. The van der Waals surface area contributed by atoms with Gasteiger partial charge in [-0.1, -0.05) is 0 Å². The fourth-order valence-corrected chi connectivity index (χ4v) is 1.60. The van der Waals surface area contributed by atoms with Gasteiger partial charge in [0.15, 0.2) is 0 Å². The molecule has 0 aromatic carbocycles. The number of hydrogen-bond acceptors (Lipinski definition) is 6. The lowest BCUT2D eigenvalue weighted by Gasteiger charge is -2.03. The number of amides is 1. The highest BCUT2D eigenvalue weighted by Crippen LogP contribution is 1.87. The van der Waals surface area contributed by atoms with E-state index in [9.17, 15) is 9.90 Å². The zero-order valence-electron chi connectivity index (χ0n) is 13.3. The maximum atomic E-state index is 9.93. The van der Waals surface area contributed by atoms with Crippen LogP contribution in [0.25, 0.3) is 0 Å². The number of H-pyrrole nitrogens is 1.